The molecule has 0 aromatic heterocycles. The van der Waals surface area contributed by atoms with E-state index in [1.54, 1.807) is 0 Å². The van der Waals surface area contributed by atoms with Crippen molar-refractivity contribution in [1.29, 1.82) is 0 Å². The quantitative estimate of drug-likeness (QED) is 0.697. The number of benzene rings is 2. The topological polar surface area (TPSA) is 18.5 Å². The van der Waals surface area contributed by atoms with Crippen LogP contribution in [0.15, 0.2) is 48.5 Å². The van der Waals surface area contributed by atoms with Crippen LogP contribution in [0.3, 0.4) is 0 Å². The predicted molar refractivity (Wildman–Crippen MR) is 65.5 cm³/mol. The van der Waals surface area contributed by atoms with Gasteiger partial charge in [0, 0.05) is 5.56 Å². The minimum atomic E-state index is -1.08. The van der Waals surface area contributed by atoms with Gasteiger partial charge in [-0.05, 0) is 17.7 Å². The van der Waals surface area contributed by atoms with Crippen LogP contribution in [-0.4, -0.2) is 0 Å². The smallest absolute Gasteiger partial charge is 0.265 e. The Labute approximate surface area is 95.7 Å². The summed E-state index contributed by atoms with van der Waals surface area (Å²) in [5.74, 6) is 0.871. The van der Waals surface area contributed by atoms with Crippen LogP contribution in [0.2, 0.25) is 0 Å². The van der Waals surface area contributed by atoms with Gasteiger partial charge in [0.2, 0.25) is 0 Å². The molecule has 1 aliphatic rings. The predicted octanol–water partition coefficient (Wildman–Crippen LogP) is 3.49. The first-order chi connectivity index (χ1) is 7.90. The molecule has 0 aliphatic carbocycles. The Hall–Kier alpha value is -1.37. The summed E-state index contributed by atoms with van der Waals surface area (Å²) >= 11 is 0. The van der Waals surface area contributed by atoms with Gasteiger partial charge in [-0.3, -0.25) is 0 Å². The Bertz CT molecular complexity index is 525. The Kier molecular flexibility index (Phi) is 2.39. The second-order valence-corrected chi connectivity index (χ2v) is 4.93. The molecule has 0 bridgehead atoms. The highest BCUT2D eigenvalue weighted by molar-refractivity contribution is 7.57. The Balaban J connectivity index is 2.24. The number of fused-ring (bicyclic) bond motifs is 3. The van der Waals surface area contributed by atoms with Gasteiger partial charge in [0.25, 0.3) is 8.38 Å². The van der Waals surface area contributed by atoms with E-state index in [1.807, 2.05) is 36.4 Å². The summed E-state index contributed by atoms with van der Waals surface area (Å²) in [6, 6.07) is 16.1. The average Bonchev–Trinajstić information content (AvgIpc) is 2.38. The molecular formula is C13H10O2P. The average molecular weight is 229 g/mol. The molecule has 3 rings (SSSR count). The Morgan fingerprint density at radius 1 is 0.938 bits per heavy atom. The van der Waals surface area contributed by atoms with Crippen molar-refractivity contribution in [2.24, 2.45) is 0 Å². The third-order valence-corrected chi connectivity index (χ3v) is 3.96. The second-order valence-electron chi connectivity index (χ2n) is 3.49. The van der Waals surface area contributed by atoms with E-state index in [9.17, 15) is 0 Å². The van der Waals surface area contributed by atoms with E-state index >= 15 is 0 Å². The molecule has 1 radical (unpaired) electrons. The summed E-state index contributed by atoms with van der Waals surface area (Å²) in [6.45, 7) is 0. The zero-order valence-electron chi connectivity index (χ0n) is 8.59. The van der Waals surface area contributed by atoms with Gasteiger partial charge >= 0.3 is 0 Å². The lowest BCUT2D eigenvalue weighted by Gasteiger charge is -2.25. The van der Waals surface area contributed by atoms with E-state index < -0.39 is 8.38 Å². The lowest BCUT2D eigenvalue weighted by Crippen LogP contribution is -2.14. The second kappa shape index (κ2) is 3.89. The van der Waals surface area contributed by atoms with Crippen LogP contribution in [0.5, 0.6) is 5.75 Å². The molecule has 16 heavy (non-hydrogen) atoms. The zero-order chi connectivity index (χ0) is 11.0. The number of hydrogen-bond donors (Lipinski definition) is 0. The molecule has 0 saturated carbocycles. The zero-order valence-corrected chi connectivity index (χ0v) is 9.48. The summed E-state index contributed by atoms with van der Waals surface area (Å²) in [5, 5.41) is 1.09. The van der Waals surface area contributed by atoms with E-state index in [2.05, 4.69) is 19.2 Å². The van der Waals surface area contributed by atoms with Crippen LogP contribution in [0.1, 0.15) is 0 Å². The van der Waals surface area contributed by atoms with Crippen molar-refractivity contribution >= 4 is 13.7 Å². The number of rotatable bonds is 1. The molecule has 0 saturated heterocycles. The maximum atomic E-state index is 5.79. The van der Waals surface area contributed by atoms with Crippen molar-refractivity contribution in [2.45, 2.75) is 0 Å². The van der Waals surface area contributed by atoms with Crippen molar-refractivity contribution in [2.75, 3.05) is 0 Å². The number of hydrogen-bond acceptors (Lipinski definition) is 2. The minimum absolute atomic E-state index is 0.871. The lowest BCUT2D eigenvalue weighted by atomic mass is 10.0. The molecule has 1 unspecified atom stereocenters. The van der Waals surface area contributed by atoms with Crippen LogP contribution in [0.25, 0.3) is 11.1 Å². The summed E-state index contributed by atoms with van der Waals surface area (Å²) in [4.78, 5) is 0. The van der Waals surface area contributed by atoms with Crippen molar-refractivity contribution in [1.82, 2.24) is 0 Å². The van der Waals surface area contributed by atoms with E-state index in [0.29, 0.717) is 0 Å². The third kappa shape index (κ3) is 1.42. The first-order valence-corrected chi connectivity index (χ1v) is 6.16. The van der Waals surface area contributed by atoms with Crippen molar-refractivity contribution in [3.63, 3.8) is 0 Å². The maximum absolute atomic E-state index is 5.79. The fourth-order valence-corrected chi connectivity index (χ4v) is 3.09. The van der Waals surface area contributed by atoms with Gasteiger partial charge in [-0.15, -0.1) is 0 Å². The van der Waals surface area contributed by atoms with Gasteiger partial charge < -0.3 is 9.05 Å². The van der Waals surface area contributed by atoms with Crippen molar-refractivity contribution < 1.29 is 9.05 Å². The monoisotopic (exact) mass is 229 g/mol. The van der Waals surface area contributed by atoms with E-state index in [-0.39, 0.29) is 0 Å². The van der Waals surface area contributed by atoms with Crippen LogP contribution in [0, 0.1) is 7.11 Å². The SMILES string of the molecule is [CH2]OP1Oc2ccccc2-c2ccccc21. The van der Waals surface area contributed by atoms with Crippen LogP contribution < -0.4 is 9.83 Å². The highest BCUT2D eigenvalue weighted by Gasteiger charge is 2.26. The van der Waals surface area contributed by atoms with Gasteiger partial charge in [-0.25, -0.2) is 0 Å². The molecular weight excluding hydrogens is 219 g/mol. The highest BCUT2D eigenvalue weighted by atomic mass is 31.2. The van der Waals surface area contributed by atoms with Crippen LogP contribution in [0.4, 0.5) is 0 Å². The summed E-state index contributed by atoms with van der Waals surface area (Å²) < 4.78 is 11.0. The molecule has 0 amide bonds. The van der Waals surface area contributed by atoms with Gasteiger partial charge in [0.15, 0.2) is 0 Å². The van der Waals surface area contributed by atoms with Crippen molar-refractivity contribution in [3.05, 3.63) is 55.6 Å². The molecule has 2 nitrogen and oxygen atoms in total. The standard InChI is InChI=1S/C13H10O2P/c1-14-16-13-9-5-3-7-11(13)10-6-2-4-8-12(10)15-16/h2-9H,1H2. The minimum Gasteiger partial charge on any atom is -0.443 e. The summed E-state index contributed by atoms with van der Waals surface area (Å²) in [6.07, 6.45) is 0. The largest absolute Gasteiger partial charge is 0.443 e. The van der Waals surface area contributed by atoms with Crippen LogP contribution >= 0.6 is 8.38 Å². The highest BCUT2D eigenvalue weighted by Crippen LogP contribution is 2.48. The fraction of sp³-hybridized carbons (Fsp3) is 0. The third-order valence-electron chi connectivity index (χ3n) is 2.58. The molecule has 79 valence electrons. The number of para-hydroxylation sites is 1. The van der Waals surface area contributed by atoms with E-state index in [4.69, 9.17) is 9.05 Å². The van der Waals surface area contributed by atoms with Gasteiger partial charge in [-0.2, -0.15) is 0 Å². The molecule has 1 aliphatic heterocycles. The Morgan fingerprint density at radius 2 is 1.62 bits per heavy atom. The first-order valence-electron chi connectivity index (χ1n) is 4.99. The summed E-state index contributed by atoms with van der Waals surface area (Å²) in [5.41, 5.74) is 2.30. The molecule has 2 aromatic rings. The summed E-state index contributed by atoms with van der Waals surface area (Å²) in [7, 11) is 2.40. The molecule has 3 heteroatoms. The molecule has 1 heterocycles. The molecule has 0 fully saturated rings. The van der Waals surface area contributed by atoms with Gasteiger partial charge in [-0.1, -0.05) is 36.4 Å². The Morgan fingerprint density at radius 3 is 2.44 bits per heavy atom. The molecule has 0 N–H and O–H groups in total. The van der Waals surface area contributed by atoms with E-state index in [0.717, 1.165) is 16.6 Å². The molecule has 2 aromatic carbocycles. The molecule has 0 spiro atoms. The first kappa shape index (κ1) is 9.83. The molecule has 1 atom stereocenters. The van der Waals surface area contributed by atoms with Crippen LogP contribution in [-0.2, 0) is 4.52 Å². The maximum Gasteiger partial charge on any atom is 0.265 e. The fourth-order valence-electron chi connectivity index (χ4n) is 1.86. The van der Waals surface area contributed by atoms with Gasteiger partial charge in [0.05, 0.1) is 12.4 Å². The lowest BCUT2D eigenvalue weighted by molar-refractivity contribution is 0.448. The van der Waals surface area contributed by atoms with E-state index in [1.165, 1.54) is 5.56 Å². The van der Waals surface area contributed by atoms with Crippen molar-refractivity contribution in [3.8, 4) is 16.9 Å². The van der Waals surface area contributed by atoms with Gasteiger partial charge in [0.1, 0.15) is 5.75 Å². The normalized spacial score (nSPS) is 17.2.